The van der Waals surface area contributed by atoms with Crippen molar-refractivity contribution >= 4 is 28.6 Å². The number of aromatic amines is 1. The molecule has 0 spiro atoms. The molecule has 0 saturated carbocycles. The van der Waals surface area contributed by atoms with Crippen molar-refractivity contribution in [2.75, 3.05) is 19.4 Å². The number of amides is 1. The van der Waals surface area contributed by atoms with E-state index in [2.05, 4.69) is 44.8 Å². The fourth-order valence-electron chi connectivity index (χ4n) is 3.99. The Morgan fingerprint density at radius 2 is 1.80 bits per heavy atom. The number of carbonyl (C=O) groups is 1. The summed E-state index contributed by atoms with van der Waals surface area (Å²) in [6.07, 6.45) is 2.03. The Labute approximate surface area is 206 Å². The van der Waals surface area contributed by atoms with Crippen molar-refractivity contribution in [2.24, 2.45) is 0 Å². The molecular weight excluding hydrogens is 460 g/mol. The number of para-hydroxylation sites is 1. The highest BCUT2D eigenvalue weighted by Crippen LogP contribution is 2.30. The molecule has 2 heterocycles. The molecule has 1 amide bonds. The fraction of sp³-hybridized carbons (Fsp3) is 0.148. The van der Waals surface area contributed by atoms with Crippen LogP contribution in [0.15, 0.2) is 94.7 Å². The van der Waals surface area contributed by atoms with Crippen LogP contribution in [0.2, 0.25) is 0 Å². The molecule has 8 heteroatoms. The van der Waals surface area contributed by atoms with Crippen LogP contribution in [-0.2, 0) is 4.79 Å². The molecule has 0 fully saturated rings. The second-order valence-corrected chi connectivity index (χ2v) is 8.87. The highest BCUT2D eigenvalue weighted by molar-refractivity contribution is 7.99. The normalized spacial score (nSPS) is 11.9. The minimum atomic E-state index is -0.0973. The molecule has 0 saturated heterocycles. The Morgan fingerprint density at radius 3 is 2.60 bits per heavy atom. The number of hydrogen-bond donors (Lipinski definition) is 2. The summed E-state index contributed by atoms with van der Waals surface area (Å²) in [4.78, 5) is 16.0. The molecule has 176 valence electrons. The lowest BCUT2D eigenvalue weighted by molar-refractivity contribution is -0.118. The molecule has 2 N–H and O–H groups in total. The second-order valence-electron chi connectivity index (χ2n) is 7.95. The summed E-state index contributed by atoms with van der Waals surface area (Å²) in [6, 6.07) is 25.8. The van der Waals surface area contributed by atoms with Gasteiger partial charge in [-0.15, -0.1) is 10.2 Å². The number of methoxy groups -OCH3 is 1. The molecule has 5 rings (SSSR count). The third-order valence-corrected chi connectivity index (χ3v) is 6.59. The molecule has 0 bridgehead atoms. The molecule has 0 aliphatic carbocycles. The van der Waals surface area contributed by atoms with E-state index in [1.807, 2.05) is 60.8 Å². The van der Waals surface area contributed by atoms with E-state index in [-0.39, 0.29) is 17.6 Å². The lowest BCUT2D eigenvalue weighted by atomic mass is 9.91. The number of fused-ring (bicyclic) bond motifs is 1. The van der Waals surface area contributed by atoms with Gasteiger partial charge in [-0.3, -0.25) is 4.79 Å². The monoisotopic (exact) mass is 484 g/mol. The topological polar surface area (TPSA) is 93.0 Å². The third kappa shape index (κ3) is 5.22. The standard InChI is InChI=1S/C27H24N4O3S/c1-33-20-13-11-19(12-14-20)26-30-31-27(34-26)35-17-25(32)29-15-22(18-7-3-2-4-8-18)23-16-28-24-10-6-5-9-21(23)24/h2-14,16,22,28H,15,17H2,1H3,(H,29,32). The fourth-order valence-corrected chi connectivity index (χ4v) is 4.58. The van der Waals surface area contributed by atoms with Crippen molar-refractivity contribution in [3.8, 4) is 17.2 Å². The van der Waals surface area contributed by atoms with Crippen LogP contribution in [0.4, 0.5) is 0 Å². The second kappa shape index (κ2) is 10.5. The number of carbonyl (C=O) groups excluding carboxylic acids is 1. The van der Waals surface area contributed by atoms with Crippen molar-refractivity contribution < 1.29 is 13.9 Å². The number of nitrogens with zero attached hydrogens (tertiary/aromatic N) is 2. The highest BCUT2D eigenvalue weighted by Gasteiger charge is 2.19. The Bertz CT molecular complexity index is 1410. The smallest absolute Gasteiger partial charge is 0.277 e. The molecule has 7 nitrogen and oxygen atoms in total. The molecule has 1 unspecified atom stereocenters. The van der Waals surface area contributed by atoms with Gasteiger partial charge in [0.15, 0.2) is 0 Å². The number of H-pyrrole nitrogens is 1. The number of hydrogen-bond acceptors (Lipinski definition) is 6. The van der Waals surface area contributed by atoms with Crippen molar-refractivity contribution in [2.45, 2.75) is 11.1 Å². The van der Waals surface area contributed by atoms with Gasteiger partial charge < -0.3 is 19.5 Å². The molecule has 1 atom stereocenters. The van der Waals surface area contributed by atoms with E-state index in [0.717, 1.165) is 33.3 Å². The maximum absolute atomic E-state index is 12.7. The summed E-state index contributed by atoms with van der Waals surface area (Å²) < 4.78 is 10.9. The van der Waals surface area contributed by atoms with Crippen LogP contribution < -0.4 is 10.1 Å². The largest absolute Gasteiger partial charge is 0.497 e. The first-order valence-electron chi connectivity index (χ1n) is 11.2. The van der Waals surface area contributed by atoms with E-state index in [0.29, 0.717) is 17.7 Å². The molecule has 3 aromatic carbocycles. The van der Waals surface area contributed by atoms with Crippen LogP contribution in [0.1, 0.15) is 17.0 Å². The zero-order chi connectivity index (χ0) is 24.0. The van der Waals surface area contributed by atoms with E-state index >= 15 is 0 Å². The third-order valence-electron chi connectivity index (χ3n) is 5.77. The quantitative estimate of drug-likeness (QED) is 0.277. The minimum absolute atomic E-state index is 0.0198. The summed E-state index contributed by atoms with van der Waals surface area (Å²) in [6.45, 7) is 0.478. The first-order valence-corrected chi connectivity index (χ1v) is 12.2. The first-order chi connectivity index (χ1) is 17.2. The van der Waals surface area contributed by atoms with E-state index < -0.39 is 0 Å². The van der Waals surface area contributed by atoms with Gasteiger partial charge in [0.05, 0.1) is 12.9 Å². The number of ether oxygens (including phenoxy) is 1. The van der Waals surface area contributed by atoms with Crippen LogP contribution in [0.25, 0.3) is 22.4 Å². The van der Waals surface area contributed by atoms with Gasteiger partial charge in [-0.05, 0) is 41.5 Å². The molecule has 5 aromatic rings. The van der Waals surface area contributed by atoms with Crippen LogP contribution >= 0.6 is 11.8 Å². The van der Waals surface area contributed by atoms with E-state index in [4.69, 9.17) is 9.15 Å². The van der Waals surface area contributed by atoms with Gasteiger partial charge in [-0.1, -0.05) is 60.3 Å². The summed E-state index contributed by atoms with van der Waals surface area (Å²) >= 11 is 1.22. The van der Waals surface area contributed by atoms with Crippen LogP contribution in [-0.4, -0.2) is 40.5 Å². The molecule has 0 radical (unpaired) electrons. The zero-order valence-electron chi connectivity index (χ0n) is 19.1. The van der Waals surface area contributed by atoms with Crippen LogP contribution in [0, 0.1) is 0 Å². The predicted molar refractivity (Wildman–Crippen MR) is 137 cm³/mol. The summed E-state index contributed by atoms with van der Waals surface area (Å²) in [5.41, 5.74) is 4.17. The minimum Gasteiger partial charge on any atom is -0.497 e. The Balaban J connectivity index is 1.23. The maximum atomic E-state index is 12.7. The van der Waals surface area contributed by atoms with Gasteiger partial charge in [0, 0.05) is 35.1 Å². The summed E-state index contributed by atoms with van der Waals surface area (Å²) in [5.74, 6) is 1.26. The number of nitrogens with one attached hydrogen (secondary N) is 2. The first kappa shape index (κ1) is 22.7. The Kier molecular flexibility index (Phi) is 6.81. The molecule has 0 aliphatic rings. The van der Waals surface area contributed by atoms with Crippen LogP contribution in [0.3, 0.4) is 0 Å². The molecule has 35 heavy (non-hydrogen) atoms. The number of aromatic nitrogens is 3. The van der Waals surface area contributed by atoms with Gasteiger partial charge in [-0.25, -0.2) is 0 Å². The highest BCUT2D eigenvalue weighted by atomic mass is 32.2. The van der Waals surface area contributed by atoms with E-state index in [1.54, 1.807) is 7.11 Å². The van der Waals surface area contributed by atoms with Crippen molar-refractivity contribution in [3.05, 3.63) is 96.2 Å². The maximum Gasteiger partial charge on any atom is 0.277 e. The van der Waals surface area contributed by atoms with E-state index in [9.17, 15) is 4.79 Å². The van der Waals surface area contributed by atoms with Gasteiger partial charge >= 0.3 is 0 Å². The number of thioether (sulfide) groups is 1. The summed E-state index contributed by atoms with van der Waals surface area (Å²) in [5, 5.41) is 12.7. The van der Waals surface area contributed by atoms with Crippen LogP contribution in [0.5, 0.6) is 5.75 Å². The number of rotatable bonds is 9. The SMILES string of the molecule is COc1ccc(-c2nnc(SCC(=O)NCC(c3ccccc3)c3c[nH]c4ccccc34)o2)cc1. The van der Waals surface area contributed by atoms with Gasteiger partial charge in [0.2, 0.25) is 11.8 Å². The Hall–Kier alpha value is -4.04. The Morgan fingerprint density at radius 1 is 1.03 bits per heavy atom. The molecule has 2 aromatic heterocycles. The number of benzene rings is 3. The zero-order valence-corrected chi connectivity index (χ0v) is 19.9. The average Bonchev–Trinajstić information content (AvgIpc) is 3.56. The van der Waals surface area contributed by atoms with Gasteiger partial charge in [0.1, 0.15) is 5.75 Å². The van der Waals surface area contributed by atoms with Crippen molar-refractivity contribution in [3.63, 3.8) is 0 Å². The lowest BCUT2D eigenvalue weighted by Crippen LogP contribution is -2.30. The summed E-state index contributed by atoms with van der Waals surface area (Å²) in [7, 11) is 1.62. The average molecular weight is 485 g/mol. The molecule has 0 aliphatic heterocycles. The van der Waals surface area contributed by atoms with Gasteiger partial charge in [0.25, 0.3) is 5.22 Å². The lowest BCUT2D eigenvalue weighted by Gasteiger charge is -2.18. The van der Waals surface area contributed by atoms with E-state index in [1.165, 1.54) is 11.8 Å². The van der Waals surface area contributed by atoms with Crippen molar-refractivity contribution in [1.82, 2.24) is 20.5 Å². The predicted octanol–water partition coefficient (Wildman–Crippen LogP) is 5.27. The van der Waals surface area contributed by atoms with Gasteiger partial charge in [-0.2, -0.15) is 0 Å². The molecular formula is C27H24N4O3S. The van der Waals surface area contributed by atoms with Crippen molar-refractivity contribution in [1.29, 1.82) is 0 Å².